The Bertz CT molecular complexity index is 497. The van der Waals surface area contributed by atoms with Gasteiger partial charge >= 0.3 is 0 Å². The quantitative estimate of drug-likeness (QED) is 0.780. The molecule has 1 aromatic carbocycles. The van der Waals surface area contributed by atoms with Gasteiger partial charge in [-0.15, -0.1) is 11.8 Å². The van der Waals surface area contributed by atoms with Gasteiger partial charge in [-0.3, -0.25) is 9.69 Å². The molecule has 2 aliphatic rings. The summed E-state index contributed by atoms with van der Waals surface area (Å²) >= 11 is 1.59. The van der Waals surface area contributed by atoms with Crippen LogP contribution in [-0.4, -0.2) is 60.8 Å². The summed E-state index contributed by atoms with van der Waals surface area (Å²) in [6, 6.07) is 8.69. The molecule has 114 valence electrons. The number of piperazine rings is 1. The molecule has 0 N–H and O–H groups in total. The average Bonchev–Trinajstić information content (AvgIpc) is 3.38. The Kier molecular flexibility index (Phi) is 4.70. The molecule has 21 heavy (non-hydrogen) atoms. The Morgan fingerprint density at radius 1 is 1.29 bits per heavy atom. The van der Waals surface area contributed by atoms with Crippen LogP contribution in [0.1, 0.15) is 12.8 Å². The average molecular weight is 306 g/mol. The van der Waals surface area contributed by atoms with E-state index in [0.717, 1.165) is 42.9 Å². The fourth-order valence-electron chi connectivity index (χ4n) is 2.70. The molecule has 1 aliphatic heterocycles. The lowest BCUT2D eigenvalue weighted by molar-refractivity contribution is -0.130. The Morgan fingerprint density at radius 3 is 2.71 bits per heavy atom. The zero-order valence-electron chi connectivity index (χ0n) is 12.5. The monoisotopic (exact) mass is 306 g/mol. The third-order valence-electron chi connectivity index (χ3n) is 4.13. The van der Waals surface area contributed by atoms with Gasteiger partial charge in [0, 0.05) is 37.1 Å². The van der Waals surface area contributed by atoms with Crippen LogP contribution in [0.3, 0.4) is 0 Å². The third kappa shape index (κ3) is 3.92. The molecule has 0 bridgehead atoms. The molecule has 1 saturated carbocycles. The normalized spacial score (nSPS) is 19.6. The predicted octanol–water partition coefficient (Wildman–Crippen LogP) is 2.09. The van der Waals surface area contributed by atoms with E-state index < -0.39 is 0 Å². The first-order valence-electron chi connectivity index (χ1n) is 7.55. The van der Waals surface area contributed by atoms with Crippen molar-refractivity contribution in [2.24, 2.45) is 0 Å². The number of carbonyl (C=O) groups excluding carboxylic acids is 1. The first-order chi connectivity index (χ1) is 10.3. The highest BCUT2D eigenvalue weighted by molar-refractivity contribution is 8.00. The van der Waals surface area contributed by atoms with Gasteiger partial charge in [-0.1, -0.05) is 6.07 Å². The van der Waals surface area contributed by atoms with E-state index in [9.17, 15) is 4.79 Å². The van der Waals surface area contributed by atoms with E-state index in [1.807, 2.05) is 29.2 Å². The summed E-state index contributed by atoms with van der Waals surface area (Å²) < 4.78 is 5.20. The predicted molar refractivity (Wildman–Crippen MR) is 84.9 cm³/mol. The fraction of sp³-hybridized carbons (Fsp3) is 0.562. The van der Waals surface area contributed by atoms with E-state index in [-0.39, 0.29) is 5.91 Å². The summed E-state index contributed by atoms with van der Waals surface area (Å²) in [5.41, 5.74) is 0. The Labute approximate surface area is 130 Å². The van der Waals surface area contributed by atoms with Crippen LogP contribution in [0.25, 0.3) is 0 Å². The SMILES string of the molecule is COc1cccc(SCC(=O)N2CCN(C3CC3)CC2)c1. The van der Waals surface area contributed by atoms with E-state index in [2.05, 4.69) is 4.90 Å². The topological polar surface area (TPSA) is 32.8 Å². The number of methoxy groups -OCH3 is 1. The van der Waals surface area contributed by atoms with Crippen molar-refractivity contribution in [2.75, 3.05) is 39.0 Å². The minimum atomic E-state index is 0.248. The summed E-state index contributed by atoms with van der Waals surface area (Å²) in [5, 5.41) is 0. The molecule has 1 aromatic rings. The summed E-state index contributed by atoms with van der Waals surface area (Å²) in [7, 11) is 1.66. The second kappa shape index (κ2) is 6.71. The van der Waals surface area contributed by atoms with E-state index in [0.29, 0.717) is 5.75 Å². The van der Waals surface area contributed by atoms with Crippen molar-refractivity contribution >= 4 is 17.7 Å². The van der Waals surface area contributed by atoms with Crippen molar-refractivity contribution in [3.8, 4) is 5.75 Å². The van der Waals surface area contributed by atoms with E-state index in [1.165, 1.54) is 12.8 Å². The molecular weight excluding hydrogens is 284 g/mol. The van der Waals surface area contributed by atoms with Gasteiger partial charge in [-0.25, -0.2) is 0 Å². The first kappa shape index (κ1) is 14.7. The minimum absolute atomic E-state index is 0.248. The highest BCUT2D eigenvalue weighted by Crippen LogP contribution is 2.28. The molecular formula is C16H22N2O2S. The number of rotatable bonds is 5. The minimum Gasteiger partial charge on any atom is -0.497 e. The lowest BCUT2D eigenvalue weighted by Crippen LogP contribution is -2.49. The second-order valence-electron chi connectivity index (χ2n) is 5.62. The molecule has 3 rings (SSSR count). The highest BCUT2D eigenvalue weighted by atomic mass is 32.2. The number of hydrogen-bond donors (Lipinski definition) is 0. The van der Waals surface area contributed by atoms with Crippen molar-refractivity contribution in [2.45, 2.75) is 23.8 Å². The molecule has 0 aromatic heterocycles. The van der Waals surface area contributed by atoms with Gasteiger partial charge in [-0.05, 0) is 31.0 Å². The third-order valence-corrected chi connectivity index (χ3v) is 5.11. The van der Waals surface area contributed by atoms with E-state index >= 15 is 0 Å². The summed E-state index contributed by atoms with van der Waals surface area (Å²) in [4.78, 5) is 17.9. The van der Waals surface area contributed by atoms with Crippen LogP contribution in [0.4, 0.5) is 0 Å². The van der Waals surface area contributed by atoms with Crippen LogP contribution >= 0.6 is 11.8 Å². The van der Waals surface area contributed by atoms with Crippen LogP contribution in [0.15, 0.2) is 29.2 Å². The van der Waals surface area contributed by atoms with Crippen LogP contribution in [-0.2, 0) is 4.79 Å². The van der Waals surface area contributed by atoms with Crippen LogP contribution in [0, 0.1) is 0 Å². The van der Waals surface area contributed by atoms with Crippen LogP contribution < -0.4 is 4.74 Å². The lowest BCUT2D eigenvalue weighted by Gasteiger charge is -2.34. The summed E-state index contributed by atoms with van der Waals surface area (Å²) in [5.74, 6) is 1.60. The van der Waals surface area contributed by atoms with Gasteiger partial charge in [0.25, 0.3) is 0 Å². The molecule has 4 nitrogen and oxygen atoms in total. The van der Waals surface area contributed by atoms with Gasteiger partial charge in [0.05, 0.1) is 12.9 Å². The molecule has 1 amide bonds. The fourth-order valence-corrected chi connectivity index (χ4v) is 3.55. The zero-order valence-corrected chi connectivity index (χ0v) is 13.3. The largest absolute Gasteiger partial charge is 0.497 e. The highest BCUT2D eigenvalue weighted by Gasteiger charge is 2.32. The Morgan fingerprint density at radius 2 is 2.05 bits per heavy atom. The van der Waals surface area contributed by atoms with Gasteiger partial charge < -0.3 is 9.64 Å². The van der Waals surface area contributed by atoms with E-state index in [1.54, 1.807) is 18.9 Å². The van der Waals surface area contributed by atoms with Crippen LogP contribution in [0.5, 0.6) is 5.75 Å². The van der Waals surface area contributed by atoms with Gasteiger partial charge in [0.1, 0.15) is 5.75 Å². The summed E-state index contributed by atoms with van der Waals surface area (Å²) in [6.07, 6.45) is 2.69. The number of nitrogens with zero attached hydrogens (tertiary/aromatic N) is 2. The van der Waals surface area contributed by atoms with Gasteiger partial charge in [0.15, 0.2) is 0 Å². The molecule has 1 saturated heterocycles. The molecule has 0 unspecified atom stereocenters. The molecule has 1 heterocycles. The molecule has 0 spiro atoms. The van der Waals surface area contributed by atoms with Gasteiger partial charge in [-0.2, -0.15) is 0 Å². The Balaban J connectivity index is 1.45. The number of thioether (sulfide) groups is 1. The maximum absolute atomic E-state index is 12.3. The van der Waals surface area contributed by atoms with Crippen molar-refractivity contribution in [3.63, 3.8) is 0 Å². The first-order valence-corrected chi connectivity index (χ1v) is 8.53. The molecule has 0 atom stereocenters. The van der Waals surface area contributed by atoms with Crippen molar-refractivity contribution in [1.29, 1.82) is 0 Å². The number of benzene rings is 1. The van der Waals surface area contributed by atoms with E-state index in [4.69, 9.17) is 4.74 Å². The number of carbonyl (C=O) groups is 1. The number of hydrogen-bond acceptors (Lipinski definition) is 4. The second-order valence-corrected chi connectivity index (χ2v) is 6.66. The maximum atomic E-state index is 12.3. The van der Waals surface area contributed by atoms with Crippen molar-refractivity contribution in [1.82, 2.24) is 9.80 Å². The molecule has 2 fully saturated rings. The lowest BCUT2D eigenvalue weighted by atomic mass is 10.3. The Hall–Kier alpha value is -1.20. The molecule has 1 aliphatic carbocycles. The van der Waals surface area contributed by atoms with Crippen molar-refractivity contribution in [3.05, 3.63) is 24.3 Å². The standard InChI is InChI=1S/C16H22N2O2S/c1-20-14-3-2-4-15(11-14)21-12-16(19)18-9-7-17(8-10-18)13-5-6-13/h2-4,11,13H,5-10,12H2,1H3. The van der Waals surface area contributed by atoms with Crippen molar-refractivity contribution < 1.29 is 9.53 Å². The van der Waals surface area contributed by atoms with Crippen LogP contribution in [0.2, 0.25) is 0 Å². The smallest absolute Gasteiger partial charge is 0.233 e. The maximum Gasteiger partial charge on any atom is 0.233 e. The molecule has 0 radical (unpaired) electrons. The number of amides is 1. The number of ether oxygens (including phenoxy) is 1. The summed E-state index contributed by atoms with van der Waals surface area (Å²) in [6.45, 7) is 3.85. The zero-order chi connectivity index (χ0) is 14.7. The van der Waals surface area contributed by atoms with Gasteiger partial charge in [0.2, 0.25) is 5.91 Å². The molecule has 5 heteroatoms.